The van der Waals surface area contributed by atoms with Gasteiger partial charge < -0.3 is 74.1 Å². The first-order chi connectivity index (χ1) is 20.9. The molecule has 0 amide bonds. The van der Waals surface area contributed by atoms with Crippen molar-refractivity contribution in [2.24, 2.45) is 0 Å². The summed E-state index contributed by atoms with van der Waals surface area (Å²) in [5, 5.41) is 92.4. The number of fused-ring (bicyclic) bond motifs is 1. The lowest BCUT2D eigenvalue weighted by Gasteiger charge is -2.45. The molecule has 5 rings (SSSR count). The standard InChI is InChI=1S/C28H32O16/c1-9-18(33)20(35)22(37)27(40-9)43-25-16(8-29)42-28(23(38)21(25)36)44-26-19(34)17-13(32)6-11(30)7-15(17)41-24(26)10-3-4-12(31)14(5-10)39-2/h3-7,9,16,18,20-23,25,27-33,35-38H,8H2,1-2H3/t9-,16-,18+,20-,21-,22-,23+,25+,27-,28+/m0/s1. The molecule has 2 saturated heterocycles. The number of aliphatic hydroxyl groups is 6. The molecule has 3 heterocycles. The third-order valence-corrected chi connectivity index (χ3v) is 7.51. The van der Waals surface area contributed by atoms with Crippen LogP contribution in [-0.4, -0.2) is 121 Å². The molecule has 10 atom stereocenters. The van der Waals surface area contributed by atoms with Crippen LogP contribution >= 0.6 is 0 Å². The van der Waals surface area contributed by atoms with E-state index in [1.165, 1.54) is 32.2 Å². The van der Waals surface area contributed by atoms with Crippen LogP contribution in [0, 0.1) is 0 Å². The van der Waals surface area contributed by atoms with E-state index in [-0.39, 0.29) is 28.4 Å². The van der Waals surface area contributed by atoms with Crippen molar-refractivity contribution in [3.05, 3.63) is 40.6 Å². The molecule has 0 spiro atoms. The largest absolute Gasteiger partial charge is 0.508 e. The Hall–Kier alpha value is -3.71. The second kappa shape index (κ2) is 12.4. The molecule has 2 aliphatic rings. The van der Waals surface area contributed by atoms with Crippen molar-refractivity contribution in [3.8, 4) is 40.1 Å². The monoisotopic (exact) mass is 624 g/mol. The molecule has 0 radical (unpaired) electrons. The number of hydrogen-bond acceptors (Lipinski definition) is 16. The normalized spacial score (nSPS) is 32.5. The number of methoxy groups -OCH3 is 1. The molecule has 0 unspecified atom stereocenters. The quantitative estimate of drug-likeness (QED) is 0.147. The summed E-state index contributed by atoms with van der Waals surface area (Å²) in [7, 11) is 1.28. The van der Waals surface area contributed by atoms with Gasteiger partial charge in [-0.25, -0.2) is 0 Å². The lowest BCUT2D eigenvalue weighted by atomic mass is 9.97. The first-order valence-electron chi connectivity index (χ1n) is 13.4. The molecule has 2 aliphatic heterocycles. The van der Waals surface area contributed by atoms with Crippen molar-refractivity contribution in [2.45, 2.75) is 68.3 Å². The van der Waals surface area contributed by atoms with E-state index in [1.807, 2.05) is 0 Å². The van der Waals surface area contributed by atoms with Gasteiger partial charge in [-0.3, -0.25) is 4.79 Å². The van der Waals surface area contributed by atoms with Crippen LogP contribution in [0.4, 0.5) is 0 Å². The van der Waals surface area contributed by atoms with Gasteiger partial charge in [-0.15, -0.1) is 0 Å². The fourth-order valence-electron chi connectivity index (χ4n) is 5.10. The minimum atomic E-state index is -1.97. The number of hydrogen-bond donors (Lipinski definition) is 9. The van der Waals surface area contributed by atoms with Crippen LogP contribution in [0.15, 0.2) is 39.5 Å². The number of aliphatic hydroxyl groups excluding tert-OH is 6. The Labute approximate surface area is 248 Å². The van der Waals surface area contributed by atoms with Crippen LogP contribution in [0.1, 0.15) is 6.92 Å². The zero-order valence-corrected chi connectivity index (χ0v) is 23.3. The third kappa shape index (κ3) is 5.63. The van der Waals surface area contributed by atoms with Gasteiger partial charge in [0.05, 0.1) is 19.8 Å². The Morgan fingerprint density at radius 1 is 0.841 bits per heavy atom. The molecular weight excluding hydrogens is 592 g/mol. The number of phenolic OH excluding ortho intramolecular Hbond substituents is 3. The van der Waals surface area contributed by atoms with Crippen LogP contribution < -0.4 is 14.9 Å². The van der Waals surface area contributed by atoms with E-state index in [9.17, 15) is 50.8 Å². The third-order valence-electron chi connectivity index (χ3n) is 7.51. The van der Waals surface area contributed by atoms with Crippen molar-refractivity contribution >= 4 is 11.0 Å². The molecule has 16 nitrogen and oxygen atoms in total. The van der Waals surface area contributed by atoms with E-state index in [2.05, 4.69) is 0 Å². The Balaban J connectivity index is 1.51. The smallest absolute Gasteiger partial charge is 0.239 e. The number of rotatable bonds is 7. The predicted octanol–water partition coefficient (Wildman–Crippen LogP) is -1.38. The molecule has 44 heavy (non-hydrogen) atoms. The van der Waals surface area contributed by atoms with Crippen LogP contribution in [-0.2, 0) is 14.2 Å². The Morgan fingerprint density at radius 3 is 2.23 bits per heavy atom. The van der Waals surface area contributed by atoms with Crippen LogP contribution in [0.5, 0.6) is 28.7 Å². The summed E-state index contributed by atoms with van der Waals surface area (Å²) in [4.78, 5) is 13.7. The summed E-state index contributed by atoms with van der Waals surface area (Å²) in [6, 6.07) is 5.83. The van der Waals surface area contributed by atoms with E-state index in [1.54, 1.807) is 0 Å². The van der Waals surface area contributed by atoms with Crippen LogP contribution in [0.2, 0.25) is 0 Å². The molecule has 0 aliphatic carbocycles. The maximum absolute atomic E-state index is 13.7. The highest BCUT2D eigenvalue weighted by molar-refractivity contribution is 5.88. The summed E-state index contributed by atoms with van der Waals surface area (Å²) in [5.74, 6) is -2.28. The molecule has 3 aromatic rings. The second-order valence-electron chi connectivity index (χ2n) is 10.4. The highest BCUT2D eigenvalue weighted by Gasteiger charge is 2.51. The number of benzene rings is 2. The second-order valence-corrected chi connectivity index (χ2v) is 10.4. The van der Waals surface area contributed by atoms with Crippen LogP contribution in [0.3, 0.4) is 0 Å². The van der Waals surface area contributed by atoms with E-state index in [0.29, 0.717) is 0 Å². The topological polar surface area (TPSA) is 258 Å². The highest BCUT2D eigenvalue weighted by atomic mass is 16.7. The average Bonchev–Trinajstić information content (AvgIpc) is 2.99. The van der Waals surface area contributed by atoms with Gasteiger partial charge in [0.2, 0.25) is 17.5 Å². The number of phenols is 3. The maximum atomic E-state index is 13.7. The van der Waals surface area contributed by atoms with Crippen LogP contribution in [0.25, 0.3) is 22.3 Å². The van der Waals surface area contributed by atoms with Gasteiger partial charge in [0.25, 0.3) is 0 Å². The van der Waals surface area contributed by atoms with Crippen molar-refractivity contribution in [3.63, 3.8) is 0 Å². The summed E-state index contributed by atoms with van der Waals surface area (Å²) in [5.41, 5.74) is -1.11. The predicted molar refractivity (Wildman–Crippen MR) is 145 cm³/mol. The summed E-state index contributed by atoms with van der Waals surface area (Å²) in [6.07, 6.45) is -16.2. The van der Waals surface area contributed by atoms with Gasteiger partial charge in [-0.2, -0.15) is 0 Å². The van der Waals surface area contributed by atoms with E-state index in [0.717, 1.165) is 12.1 Å². The molecule has 9 N–H and O–H groups in total. The van der Waals surface area contributed by atoms with Crippen molar-refractivity contribution in [1.29, 1.82) is 0 Å². The molecule has 1 aromatic heterocycles. The maximum Gasteiger partial charge on any atom is 0.239 e. The van der Waals surface area contributed by atoms with Crippen molar-refractivity contribution in [1.82, 2.24) is 0 Å². The van der Waals surface area contributed by atoms with E-state index >= 15 is 0 Å². The van der Waals surface area contributed by atoms with Gasteiger partial charge >= 0.3 is 0 Å². The minimum absolute atomic E-state index is 0.0151. The molecule has 240 valence electrons. The summed E-state index contributed by atoms with van der Waals surface area (Å²) < 4.78 is 33.3. The molecule has 2 aromatic carbocycles. The van der Waals surface area contributed by atoms with E-state index in [4.69, 9.17) is 28.1 Å². The molecular formula is C28H32O16. The van der Waals surface area contributed by atoms with Crippen molar-refractivity contribution < 1.29 is 74.1 Å². The zero-order chi connectivity index (χ0) is 32.0. The van der Waals surface area contributed by atoms with Gasteiger partial charge in [0.1, 0.15) is 65.2 Å². The minimum Gasteiger partial charge on any atom is -0.508 e. The first kappa shape index (κ1) is 31.7. The van der Waals surface area contributed by atoms with Gasteiger partial charge in [-0.05, 0) is 25.1 Å². The summed E-state index contributed by atoms with van der Waals surface area (Å²) in [6.45, 7) is 0.577. The summed E-state index contributed by atoms with van der Waals surface area (Å²) >= 11 is 0. The lowest BCUT2D eigenvalue weighted by Crippen LogP contribution is -2.64. The molecule has 2 fully saturated rings. The molecule has 0 bridgehead atoms. The SMILES string of the molecule is COc1cc(-c2oc3cc(O)cc(O)c3c(=O)c2O[C@H]2O[C@@H](CO)[C@@H](O[C@@H]3O[C@@H](C)[C@@H](O)[C@H](O)[C@@H]3O)[C@@H](O)[C@H]2O)ccc1O. The first-order valence-corrected chi connectivity index (χ1v) is 13.4. The number of aromatic hydroxyl groups is 3. The highest BCUT2D eigenvalue weighted by Crippen LogP contribution is 2.40. The van der Waals surface area contributed by atoms with Gasteiger partial charge in [-0.1, -0.05) is 0 Å². The number of ether oxygens (including phenoxy) is 5. The Morgan fingerprint density at radius 2 is 1.55 bits per heavy atom. The fourth-order valence-corrected chi connectivity index (χ4v) is 5.10. The van der Waals surface area contributed by atoms with Gasteiger partial charge in [0, 0.05) is 17.7 Å². The van der Waals surface area contributed by atoms with E-state index < -0.39 is 96.1 Å². The Bertz CT molecular complexity index is 1550. The fraction of sp³-hybridized carbons (Fsp3) is 0.464. The lowest BCUT2D eigenvalue weighted by molar-refractivity contribution is -0.349. The van der Waals surface area contributed by atoms with Crippen molar-refractivity contribution in [2.75, 3.05) is 13.7 Å². The Kier molecular flexibility index (Phi) is 8.90. The van der Waals surface area contributed by atoms with Gasteiger partial charge in [0.15, 0.2) is 23.5 Å². The average molecular weight is 625 g/mol. The molecule has 16 heteroatoms. The zero-order valence-electron chi connectivity index (χ0n) is 23.3. The molecule has 0 saturated carbocycles.